The molecule has 0 aliphatic carbocycles. The summed E-state index contributed by atoms with van der Waals surface area (Å²) in [7, 11) is 0. The molecule has 1 rings (SSSR count). The Morgan fingerprint density at radius 2 is 1.89 bits per heavy atom. The Morgan fingerprint density at radius 1 is 1.22 bits per heavy atom. The number of carbonyl (C=O) groups is 1. The van der Waals surface area contributed by atoms with E-state index in [-0.39, 0.29) is 6.61 Å². The number of aliphatic hydroxyl groups is 5. The number of ether oxygens (including phenoxy) is 1. The molecule has 1 fully saturated rings. The van der Waals surface area contributed by atoms with E-state index < -0.39 is 43.2 Å². The average molecular weight is 263 g/mol. The van der Waals surface area contributed by atoms with Gasteiger partial charge in [0.05, 0.1) is 13.2 Å². The molecule has 0 bridgehead atoms. The highest BCUT2D eigenvalue weighted by atomic mass is 16.6. The Hall–Kier alpha value is -1.03. The van der Waals surface area contributed by atoms with Gasteiger partial charge in [-0.25, -0.2) is 0 Å². The Morgan fingerprint density at radius 3 is 2.44 bits per heavy atom. The molecule has 0 aromatic heterocycles. The summed E-state index contributed by atoms with van der Waals surface area (Å²) in [6.07, 6.45) is -3.37. The highest BCUT2D eigenvalue weighted by molar-refractivity contribution is 5.87. The van der Waals surface area contributed by atoms with Crippen LogP contribution in [-0.2, 0) is 9.53 Å². The Labute approximate surface area is 103 Å². The zero-order chi connectivity index (χ0) is 13.7. The molecule has 1 amide bonds. The van der Waals surface area contributed by atoms with Gasteiger partial charge in [0.25, 0.3) is 0 Å². The van der Waals surface area contributed by atoms with E-state index in [4.69, 9.17) is 14.9 Å². The van der Waals surface area contributed by atoms with Gasteiger partial charge in [-0.2, -0.15) is 0 Å². The third kappa shape index (κ3) is 3.48. The van der Waals surface area contributed by atoms with Gasteiger partial charge in [0.1, 0.15) is 24.4 Å². The van der Waals surface area contributed by atoms with Gasteiger partial charge in [0.15, 0.2) is 6.29 Å². The first kappa shape index (κ1) is 15.0. The van der Waals surface area contributed by atoms with Crippen molar-refractivity contribution < 1.29 is 35.1 Å². The van der Waals surface area contributed by atoms with Crippen molar-refractivity contribution in [3.8, 4) is 0 Å². The average Bonchev–Trinajstić information content (AvgIpc) is 2.36. The number of rotatable bonds is 4. The van der Waals surface area contributed by atoms with Gasteiger partial charge in [-0.1, -0.05) is 6.08 Å². The van der Waals surface area contributed by atoms with Crippen molar-refractivity contribution in [3.05, 3.63) is 12.2 Å². The number of hydrogen-bond acceptors (Lipinski definition) is 7. The van der Waals surface area contributed by atoms with E-state index in [1.54, 1.807) is 0 Å². The van der Waals surface area contributed by atoms with Crippen molar-refractivity contribution in [1.82, 2.24) is 5.32 Å². The first-order valence-corrected chi connectivity index (χ1v) is 5.39. The van der Waals surface area contributed by atoms with Crippen molar-refractivity contribution in [3.63, 3.8) is 0 Å². The highest BCUT2D eigenvalue weighted by Crippen LogP contribution is 2.19. The standard InChI is InChI=1S/C10H17NO7/c12-3-1-2-6(14)11-7-9(16)8(15)5(4-13)18-10(7)17/h1-2,5,7-10,12-13,15-17H,3-4H2,(H,11,14)/b2-1+/t5-,7-,8-,9-,10-/m1/s1. The monoisotopic (exact) mass is 263 g/mol. The third-order valence-electron chi connectivity index (χ3n) is 2.58. The molecule has 6 N–H and O–H groups in total. The van der Waals surface area contributed by atoms with E-state index in [2.05, 4.69) is 5.32 Å². The van der Waals surface area contributed by atoms with E-state index >= 15 is 0 Å². The molecule has 5 atom stereocenters. The van der Waals surface area contributed by atoms with Crippen LogP contribution in [0, 0.1) is 0 Å². The number of nitrogens with one attached hydrogen (secondary N) is 1. The molecule has 0 aromatic carbocycles. The lowest BCUT2D eigenvalue weighted by Crippen LogP contribution is -2.64. The van der Waals surface area contributed by atoms with Crippen LogP contribution in [0.25, 0.3) is 0 Å². The first-order chi connectivity index (χ1) is 8.51. The van der Waals surface area contributed by atoms with Crippen molar-refractivity contribution in [2.75, 3.05) is 13.2 Å². The minimum atomic E-state index is -1.55. The summed E-state index contributed by atoms with van der Waals surface area (Å²) in [4.78, 5) is 11.3. The van der Waals surface area contributed by atoms with Crippen LogP contribution in [0.15, 0.2) is 12.2 Å². The van der Waals surface area contributed by atoms with Crippen LogP contribution in [-0.4, -0.2) is 75.3 Å². The molecule has 1 heterocycles. The molecule has 18 heavy (non-hydrogen) atoms. The summed E-state index contributed by atoms with van der Waals surface area (Å²) in [5, 5.41) is 48.3. The van der Waals surface area contributed by atoms with Crippen LogP contribution in [0.1, 0.15) is 0 Å². The SMILES string of the molecule is O=C(/C=C/CO)N[C@@H]1[C@@H](O)[C@H](O)[C@@H](CO)O[C@H]1O. The van der Waals surface area contributed by atoms with Crippen LogP contribution in [0.2, 0.25) is 0 Å². The van der Waals surface area contributed by atoms with Gasteiger partial charge in [-0.3, -0.25) is 4.79 Å². The van der Waals surface area contributed by atoms with Gasteiger partial charge < -0.3 is 35.6 Å². The highest BCUT2D eigenvalue weighted by Gasteiger charge is 2.44. The molecule has 1 aliphatic rings. The summed E-state index contributed by atoms with van der Waals surface area (Å²) >= 11 is 0. The number of amides is 1. The smallest absolute Gasteiger partial charge is 0.244 e. The first-order valence-electron chi connectivity index (χ1n) is 5.39. The van der Waals surface area contributed by atoms with Crippen molar-refractivity contribution in [2.45, 2.75) is 30.6 Å². The molecule has 1 saturated heterocycles. The molecule has 0 spiro atoms. The molecule has 104 valence electrons. The number of aliphatic hydroxyl groups excluding tert-OH is 5. The number of carbonyl (C=O) groups excluding carboxylic acids is 1. The fourth-order valence-corrected chi connectivity index (χ4v) is 1.63. The lowest BCUT2D eigenvalue weighted by Gasteiger charge is -2.40. The van der Waals surface area contributed by atoms with Crippen LogP contribution < -0.4 is 5.32 Å². The van der Waals surface area contributed by atoms with E-state index in [1.807, 2.05) is 0 Å². The molecule has 0 aromatic rings. The third-order valence-corrected chi connectivity index (χ3v) is 2.58. The summed E-state index contributed by atoms with van der Waals surface area (Å²) in [6.45, 7) is -0.894. The van der Waals surface area contributed by atoms with Crippen molar-refractivity contribution in [1.29, 1.82) is 0 Å². The Balaban J connectivity index is 2.65. The van der Waals surface area contributed by atoms with Crippen LogP contribution in [0.4, 0.5) is 0 Å². The minimum Gasteiger partial charge on any atom is -0.394 e. The summed E-state index contributed by atoms with van der Waals surface area (Å²) in [5.74, 6) is -0.662. The zero-order valence-electron chi connectivity index (χ0n) is 9.51. The second-order valence-corrected chi connectivity index (χ2v) is 3.85. The lowest BCUT2D eigenvalue weighted by atomic mass is 9.97. The van der Waals surface area contributed by atoms with Crippen LogP contribution in [0.3, 0.4) is 0 Å². The maximum absolute atomic E-state index is 11.3. The minimum absolute atomic E-state index is 0.324. The lowest BCUT2D eigenvalue weighted by molar-refractivity contribution is -0.253. The van der Waals surface area contributed by atoms with E-state index in [1.165, 1.54) is 6.08 Å². The van der Waals surface area contributed by atoms with E-state index in [0.29, 0.717) is 0 Å². The fraction of sp³-hybridized carbons (Fsp3) is 0.700. The van der Waals surface area contributed by atoms with Gasteiger partial charge in [0, 0.05) is 6.08 Å². The van der Waals surface area contributed by atoms with Gasteiger partial charge in [0.2, 0.25) is 5.91 Å². The molecule has 0 radical (unpaired) electrons. The molecule has 1 aliphatic heterocycles. The van der Waals surface area contributed by atoms with E-state index in [9.17, 15) is 20.1 Å². The second kappa shape index (κ2) is 6.78. The van der Waals surface area contributed by atoms with E-state index in [0.717, 1.165) is 6.08 Å². The second-order valence-electron chi connectivity index (χ2n) is 3.85. The summed E-state index contributed by atoms with van der Waals surface area (Å²) in [6, 6.07) is -1.22. The quantitative estimate of drug-likeness (QED) is 0.289. The van der Waals surface area contributed by atoms with Crippen LogP contribution >= 0.6 is 0 Å². The summed E-state index contributed by atoms with van der Waals surface area (Å²) < 4.78 is 4.84. The molecular weight excluding hydrogens is 246 g/mol. The summed E-state index contributed by atoms with van der Waals surface area (Å²) in [5.41, 5.74) is 0. The molecule has 8 nitrogen and oxygen atoms in total. The fourth-order valence-electron chi connectivity index (χ4n) is 1.63. The maximum Gasteiger partial charge on any atom is 0.244 e. The topological polar surface area (TPSA) is 139 Å². The predicted octanol–water partition coefficient (Wildman–Crippen LogP) is -3.55. The Bertz CT molecular complexity index is 309. The normalized spacial score (nSPS) is 36.8. The van der Waals surface area contributed by atoms with Gasteiger partial charge in [-0.05, 0) is 0 Å². The maximum atomic E-state index is 11.3. The predicted molar refractivity (Wildman–Crippen MR) is 58.1 cm³/mol. The number of hydrogen-bond donors (Lipinski definition) is 6. The van der Waals surface area contributed by atoms with Gasteiger partial charge >= 0.3 is 0 Å². The molecular formula is C10H17NO7. The van der Waals surface area contributed by atoms with Crippen molar-refractivity contribution in [2.24, 2.45) is 0 Å². The molecule has 8 heteroatoms. The molecule has 0 saturated carbocycles. The Kier molecular flexibility index (Phi) is 5.66. The van der Waals surface area contributed by atoms with Crippen LogP contribution in [0.5, 0.6) is 0 Å². The van der Waals surface area contributed by atoms with Crippen molar-refractivity contribution >= 4 is 5.91 Å². The largest absolute Gasteiger partial charge is 0.394 e. The zero-order valence-corrected chi connectivity index (χ0v) is 9.51. The molecule has 0 unspecified atom stereocenters. The van der Waals surface area contributed by atoms with Gasteiger partial charge in [-0.15, -0.1) is 0 Å².